The smallest absolute Gasteiger partial charge is 0.259 e. The van der Waals surface area contributed by atoms with Gasteiger partial charge >= 0.3 is 0 Å². The highest BCUT2D eigenvalue weighted by atomic mass is 16.6. The predicted molar refractivity (Wildman–Crippen MR) is 143 cm³/mol. The zero-order valence-corrected chi connectivity index (χ0v) is 22.2. The van der Waals surface area contributed by atoms with Gasteiger partial charge in [0.05, 0.1) is 25.4 Å². The van der Waals surface area contributed by atoms with Crippen LogP contribution in [0.3, 0.4) is 0 Å². The lowest BCUT2D eigenvalue weighted by Gasteiger charge is -2.28. The van der Waals surface area contributed by atoms with Crippen molar-refractivity contribution in [1.82, 2.24) is 10.8 Å². The molecule has 0 radical (unpaired) electrons. The molecule has 3 aromatic rings. The molecule has 39 heavy (non-hydrogen) atoms. The van der Waals surface area contributed by atoms with Crippen LogP contribution in [0.15, 0.2) is 65.6 Å². The summed E-state index contributed by atoms with van der Waals surface area (Å²) in [6.07, 6.45) is 1.20. The number of carbonyl (C=O) groups is 3. The summed E-state index contributed by atoms with van der Waals surface area (Å²) in [5.74, 6) is -1.95. The fraction of sp³-hybridized carbons (Fsp3) is 0.233. The Morgan fingerprint density at radius 1 is 1.13 bits per heavy atom. The molecule has 1 aliphatic carbocycles. The predicted octanol–water partition coefficient (Wildman–Crippen LogP) is 3.90. The largest absolute Gasteiger partial charge is 0.507 e. The Morgan fingerprint density at radius 2 is 1.87 bits per heavy atom. The first kappa shape index (κ1) is 26.0. The molecule has 1 heterocycles. The van der Waals surface area contributed by atoms with Gasteiger partial charge in [0, 0.05) is 24.4 Å². The molecule has 1 aliphatic heterocycles. The minimum absolute atomic E-state index is 0.0113. The Balaban J connectivity index is 1.59. The highest BCUT2D eigenvalue weighted by Crippen LogP contribution is 2.56. The summed E-state index contributed by atoms with van der Waals surface area (Å²) in [4.78, 5) is 45.2. The van der Waals surface area contributed by atoms with E-state index in [1.54, 1.807) is 6.92 Å². The van der Waals surface area contributed by atoms with Crippen LogP contribution in [0, 0.1) is 6.92 Å². The molecule has 0 unspecified atom stereocenters. The standard InChI is InChI=1S/C30H28N2O7/c1-15-10-11-17-8-6-7-9-18(17)19(15)14-31-29(36)25-22(37-4)12-21(34)26-27(25)39-23-13-20(33)24(16(2)32-38-5)28(35)30(23,26)3/h6-13,32,34H,14H2,1-5H3,(H,31,36)/b24-16-/t30-/m1/s1. The molecule has 3 N–H and O–H groups in total. The number of carbonyl (C=O) groups excluding carboxylic acids is 3. The van der Waals surface area contributed by atoms with Crippen molar-refractivity contribution in [2.75, 3.05) is 14.2 Å². The number of amides is 1. The summed E-state index contributed by atoms with van der Waals surface area (Å²) >= 11 is 0. The normalized spacial score (nSPS) is 19.2. The fourth-order valence-corrected chi connectivity index (χ4v) is 5.37. The zero-order valence-electron chi connectivity index (χ0n) is 22.2. The van der Waals surface area contributed by atoms with Gasteiger partial charge in [-0.2, -0.15) is 0 Å². The number of hydrogen-bond acceptors (Lipinski definition) is 8. The lowest BCUT2D eigenvalue weighted by molar-refractivity contribution is -0.123. The Morgan fingerprint density at radius 3 is 2.59 bits per heavy atom. The minimum atomic E-state index is -1.55. The molecule has 200 valence electrons. The maximum Gasteiger partial charge on any atom is 0.259 e. The van der Waals surface area contributed by atoms with Crippen LogP contribution in [-0.2, 0) is 26.4 Å². The third-order valence-electron chi connectivity index (χ3n) is 7.40. The zero-order chi connectivity index (χ0) is 28.1. The van der Waals surface area contributed by atoms with Crippen LogP contribution >= 0.6 is 0 Å². The summed E-state index contributed by atoms with van der Waals surface area (Å²) in [6.45, 7) is 5.28. The van der Waals surface area contributed by atoms with E-state index in [0.29, 0.717) is 0 Å². The van der Waals surface area contributed by atoms with Crippen LogP contribution in [0.25, 0.3) is 10.8 Å². The van der Waals surface area contributed by atoms with Gasteiger partial charge in [0.15, 0.2) is 17.3 Å². The lowest BCUT2D eigenvalue weighted by Crippen LogP contribution is -2.41. The summed E-state index contributed by atoms with van der Waals surface area (Å²) in [5, 5.41) is 16.0. The van der Waals surface area contributed by atoms with Crippen molar-refractivity contribution >= 4 is 28.2 Å². The molecule has 1 amide bonds. The molecule has 5 rings (SSSR count). The van der Waals surface area contributed by atoms with Gasteiger partial charge < -0.3 is 19.9 Å². The molecule has 0 bridgehead atoms. The average molecular weight is 529 g/mol. The van der Waals surface area contributed by atoms with E-state index in [2.05, 4.69) is 10.8 Å². The van der Waals surface area contributed by atoms with Crippen LogP contribution < -0.4 is 20.3 Å². The maximum absolute atomic E-state index is 13.7. The van der Waals surface area contributed by atoms with E-state index in [1.165, 1.54) is 33.3 Å². The van der Waals surface area contributed by atoms with Gasteiger partial charge in [-0.25, -0.2) is 0 Å². The van der Waals surface area contributed by atoms with Gasteiger partial charge in [-0.3, -0.25) is 24.7 Å². The number of benzene rings is 3. The molecule has 0 saturated carbocycles. The first-order valence-corrected chi connectivity index (χ1v) is 12.3. The summed E-state index contributed by atoms with van der Waals surface area (Å²) in [5.41, 5.74) is 3.13. The molecule has 1 atom stereocenters. The van der Waals surface area contributed by atoms with Gasteiger partial charge in [-0.05, 0) is 42.7 Å². The van der Waals surface area contributed by atoms with E-state index in [1.807, 2.05) is 43.3 Å². The SMILES string of the molecule is CON/C(C)=C1/C(=O)C=C2Oc3c(C(=O)NCc4c(C)ccc5ccccc45)c(OC)cc(O)c3[C@]2(C)C1=O. The number of allylic oxidation sites excluding steroid dienone is 4. The maximum atomic E-state index is 13.7. The number of phenols is 1. The van der Waals surface area contributed by atoms with Crippen LogP contribution in [0.4, 0.5) is 0 Å². The molecular weight excluding hydrogens is 500 g/mol. The van der Waals surface area contributed by atoms with Gasteiger partial charge in [0.2, 0.25) is 0 Å². The number of methoxy groups -OCH3 is 1. The van der Waals surface area contributed by atoms with Crippen molar-refractivity contribution in [3.63, 3.8) is 0 Å². The van der Waals surface area contributed by atoms with Crippen LogP contribution in [0.1, 0.15) is 40.9 Å². The fourth-order valence-electron chi connectivity index (χ4n) is 5.37. The van der Waals surface area contributed by atoms with E-state index in [-0.39, 0.29) is 51.9 Å². The number of fused-ring (bicyclic) bond motifs is 4. The first-order chi connectivity index (χ1) is 18.6. The van der Waals surface area contributed by atoms with Crippen molar-refractivity contribution in [2.24, 2.45) is 0 Å². The Bertz CT molecular complexity index is 1640. The van der Waals surface area contributed by atoms with Gasteiger partial charge in [-0.1, -0.05) is 36.4 Å². The number of nitrogens with one attached hydrogen (secondary N) is 2. The molecule has 9 nitrogen and oxygen atoms in total. The summed E-state index contributed by atoms with van der Waals surface area (Å²) in [6, 6.07) is 13.2. The highest BCUT2D eigenvalue weighted by Gasteiger charge is 2.56. The first-order valence-electron chi connectivity index (χ1n) is 12.3. The second kappa shape index (κ2) is 9.59. The lowest BCUT2D eigenvalue weighted by atomic mass is 9.70. The Labute approximate surface area is 225 Å². The Kier molecular flexibility index (Phi) is 6.40. The molecule has 3 aromatic carbocycles. The number of ether oxygens (including phenoxy) is 2. The van der Waals surface area contributed by atoms with Crippen LogP contribution in [0.5, 0.6) is 17.2 Å². The monoisotopic (exact) mass is 528 g/mol. The number of ketones is 2. The van der Waals surface area contributed by atoms with Crippen molar-refractivity contribution in [1.29, 1.82) is 0 Å². The molecule has 9 heteroatoms. The molecule has 0 spiro atoms. The van der Waals surface area contributed by atoms with Crippen molar-refractivity contribution in [3.8, 4) is 17.2 Å². The molecule has 0 fully saturated rings. The molecular formula is C30H28N2O7. The summed E-state index contributed by atoms with van der Waals surface area (Å²) < 4.78 is 11.4. The number of rotatable bonds is 6. The second-order valence-corrected chi connectivity index (χ2v) is 9.68. The quantitative estimate of drug-likeness (QED) is 0.250. The van der Waals surface area contributed by atoms with Crippen molar-refractivity contribution < 1.29 is 33.8 Å². The van der Waals surface area contributed by atoms with Crippen molar-refractivity contribution in [3.05, 3.63) is 87.8 Å². The van der Waals surface area contributed by atoms with E-state index >= 15 is 0 Å². The molecule has 0 saturated heterocycles. The topological polar surface area (TPSA) is 123 Å². The number of Topliss-reactive ketones (excluding diaryl/α,β-unsaturated/α-hetero) is 1. The third-order valence-corrected chi connectivity index (χ3v) is 7.40. The van der Waals surface area contributed by atoms with Crippen molar-refractivity contribution in [2.45, 2.75) is 32.7 Å². The number of aromatic hydroxyl groups is 1. The van der Waals surface area contributed by atoms with Crippen LogP contribution in [-0.4, -0.2) is 36.8 Å². The second-order valence-electron chi connectivity index (χ2n) is 9.68. The third kappa shape index (κ3) is 3.93. The highest BCUT2D eigenvalue weighted by molar-refractivity contribution is 6.31. The van der Waals surface area contributed by atoms with Gasteiger partial charge in [0.1, 0.15) is 28.2 Å². The minimum Gasteiger partial charge on any atom is -0.507 e. The van der Waals surface area contributed by atoms with E-state index in [4.69, 9.17) is 14.3 Å². The van der Waals surface area contributed by atoms with Gasteiger partial charge in [-0.15, -0.1) is 0 Å². The molecule has 2 aliphatic rings. The van der Waals surface area contributed by atoms with E-state index in [0.717, 1.165) is 21.9 Å². The summed E-state index contributed by atoms with van der Waals surface area (Å²) in [7, 11) is 2.73. The Hall–Kier alpha value is -4.63. The van der Waals surface area contributed by atoms with Crippen LogP contribution in [0.2, 0.25) is 0 Å². The van der Waals surface area contributed by atoms with Gasteiger partial charge in [0.25, 0.3) is 5.91 Å². The van der Waals surface area contributed by atoms with E-state index in [9.17, 15) is 19.5 Å². The number of phenolic OH excluding ortho intramolecular Hbond substituents is 1. The van der Waals surface area contributed by atoms with E-state index < -0.39 is 22.9 Å². The number of hydrogen-bond donors (Lipinski definition) is 3. The number of hydroxylamine groups is 1. The average Bonchev–Trinajstić information content (AvgIpc) is 3.21. The molecule has 0 aromatic heterocycles. The number of aryl methyl sites for hydroxylation is 1.